The maximum atomic E-state index is 13.7. The summed E-state index contributed by atoms with van der Waals surface area (Å²) in [6.45, 7) is 6.73. The van der Waals surface area contributed by atoms with Crippen molar-refractivity contribution in [2.75, 3.05) is 5.32 Å². The quantitative estimate of drug-likeness (QED) is 0.131. The summed E-state index contributed by atoms with van der Waals surface area (Å²) >= 11 is 0. The van der Waals surface area contributed by atoms with E-state index >= 15 is 0 Å². The average Bonchev–Trinajstić information content (AvgIpc) is 3.07. The van der Waals surface area contributed by atoms with Gasteiger partial charge >= 0.3 is 12.1 Å². The molecule has 0 bridgehead atoms. The van der Waals surface area contributed by atoms with E-state index < -0.39 is 29.7 Å². The Kier molecular flexibility index (Phi) is 10.4. The second kappa shape index (κ2) is 14.7. The van der Waals surface area contributed by atoms with Crippen LogP contribution in [0.5, 0.6) is 11.5 Å². The number of halogens is 3. The Labute approximate surface area is 283 Å². The van der Waals surface area contributed by atoms with Gasteiger partial charge in [-0.2, -0.15) is 13.2 Å². The maximum Gasteiger partial charge on any atom is 0.416 e. The molecule has 1 atom stereocenters. The average molecular weight is 667 g/mol. The Morgan fingerprint density at radius 1 is 0.714 bits per heavy atom. The summed E-state index contributed by atoms with van der Waals surface area (Å²) in [6, 6.07) is 32.9. The molecular weight excluding hydrogens is 629 g/mol. The zero-order chi connectivity index (χ0) is 35.2. The molecule has 49 heavy (non-hydrogen) atoms. The number of carboxylic acids is 1. The van der Waals surface area contributed by atoms with Gasteiger partial charge in [0.05, 0.1) is 11.1 Å². The van der Waals surface area contributed by atoms with Crippen molar-refractivity contribution in [2.24, 2.45) is 0 Å². The highest BCUT2D eigenvalue weighted by Crippen LogP contribution is 2.34. The number of benzene rings is 5. The lowest BCUT2D eigenvalue weighted by Crippen LogP contribution is -2.42. The summed E-state index contributed by atoms with van der Waals surface area (Å²) in [4.78, 5) is 26.1. The zero-order valence-corrected chi connectivity index (χ0v) is 27.3. The summed E-state index contributed by atoms with van der Waals surface area (Å²) in [5.74, 6) is -1.87. The number of anilines is 1. The van der Waals surface area contributed by atoms with Gasteiger partial charge in [-0.25, -0.2) is 4.79 Å². The lowest BCUT2D eigenvalue weighted by Gasteiger charge is -2.20. The third-order valence-electron chi connectivity index (χ3n) is 8.04. The maximum absolute atomic E-state index is 13.7. The van der Waals surface area contributed by atoms with Gasteiger partial charge in [-0.15, -0.1) is 0 Å². The molecule has 9 heteroatoms. The number of hydrogen-bond donors (Lipinski definition) is 3. The highest BCUT2D eigenvalue weighted by Gasteiger charge is 2.31. The zero-order valence-electron chi connectivity index (χ0n) is 27.3. The Morgan fingerprint density at radius 3 is 1.98 bits per heavy atom. The Morgan fingerprint density at radius 2 is 1.35 bits per heavy atom. The molecule has 5 aromatic carbocycles. The second-order valence-corrected chi connectivity index (χ2v) is 12.8. The molecule has 0 saturated carbocycles. The Hall–Kier alpha value is -5.57. The van der Waals surface area contributed by atoms with Crippen LogP contribution in [-0.2, 0) is 29.4 Å². The van der Waals surface area contributed by atoms with Gasteiger partial charge in [0.15, 0.2) is 0 Å². The highest BCUT2D eigenvalue weighted by molar-refractivity contribution is 6.01. The molecule has 0 aliphatic carbocycles. The largest absolute Gasteiger partial charge is 0.480 e. The molecule has 5 aromatic rings. The van der Waals surface area contributed by atoms with Crippen LogP contribution in [-0.4, -0.2) is 23.0 Å². The summed E-state index contributed by atoms with van der Waals surface area (Å²) < 4.78 is 45.7. The van der Waals surface area contributed by atoms with Crippen molar-refractivity contribution in [3.8, 4) is 22.6 Å². The topological polar surface area (TPSA) is 87.7 Å². The molecule has 0 spiro atoms. The lowest BCUT2D eigenvalue weighted by molar-refractivity contribution is -0.139. The van der Waals surface area contributed by atoms with Gasteiger partial charge in [-0.3, -0.25) is 4.79 Å². The molecule has 6 nitrogen and oxygen atoms in total. The van der Waals surface area contributed by atoms with Crippen molar-refractivity contribution in [1.82, 2.24) is 5.32 Å². The van der Waals surface area contributed by atoms with Gasteiger partial charge in [0.1, 0.15) is 17.5 Å². The van der Waals surface area contributed by atoms with E-state index in [1.54, 1.807) is 6.07 Å². The van der Waals surface area contributed by atoms with E-state index in [0.717, 1.165) is 28.8 Å². The standard InChI is InChI=1S/C40H37F3N2O4/c1-39(2,3)30-18-14-27(15-19-30)25-44-35-21-20-33(49-32-11-7-10-31(23-32)40(41,42)43)24-34(35)37(46)45-36(38(47)48)22-26-12-16-29(17-13-26)28-8-5-4-6-9-28/h4-21,23-24,36,44H,22,25H2,1-3H3,(H,45,46)(H,47,48)/t36-/m0/s1. The minimum Gasteiger partial charge on any atom is -0.480 e. The van der Waals surface area contributed by atoms with Crippen LogP contribution in [0.3, 0.4) is 0 Å². The van der Waals surface area contributed by atoms with Crippen LogP contribution in [0, 0.1) is 0 Å². The number of aliphatic carboxylic acids is 1. The lowest BCUT2D eigenvalue weighted by atomic mass is 9.87. The van der Waals surface area contributed by atoms with Crippen LogP contribution in [0.4, 0.5) is 18.9 Å². The van der Waals surface area contributed by atoms with Crippen LogP contribution >= 0.6 is 0 Å². The molecule has 0 unspecified atom stereocenters. The van der Waals surface area contributed by atoms with E-state index in [9.17, 15) is 27.9 Å². The van der Waals surface area contributed by atoms with Crippen molar-refractivity contribution in [2.45, 2.75) is 51.4 Å². The molecule has 0 aliphatic heterocycles. The molecule has 5 rings (SSSR count). The number of carbonyl (C=O) groups excluding carboxylic acids is 1. The van der Waals surface area contributed by atoms with Crippen LogP contribution in [0.2, 0.25) is 0 Å². The number of ether oxygens (including phenoxy) is 1. The van der Waals surface area contributed by atoms with Crippen molar-refractivity contribution < 1.29 is 32.6 Å². The van der Waals surface area contributed by atoms with Crippen molar-refractivity contribution in [1.29, 1.82) is 0 Å². The number of alkyl halides is 3. The number of nitrogens with one attached hydrogen (secondary N) is 2. The minimum atomic E-state index is -4.56. The predicted octanol–water partition coefficient (Wildman–Crippen LogP) is 9.50. The van der Waals surface area contributed by atoms with Gasteiger partial charge in [0.2, 0.25) is 0 Å². The molecule has 0 aliphatic rings. The summed E-state index contributed by atoms with van der Waals surface area (Å²) in [6.07, 6.45) is -4.53. The second-order valence-electron chi connectivity index (χ2n) is 12.8. The summed E-state index contributed by atoms with van der Waals surface area (Å²) in [5, 5.41) is 15.9. The molecule has 252 valence electrons. The monoisotopic (exact) mass is 666 g/mol. The fourth-order valence-electron chi connectivity index (χ4n) is 5.26. The van der Waals surface area contributed by atoms with Crippen LogP contribution in [0.25, 0.3) is 11.1 Å². The van der Waals surface area contributed by atoms with Gasteiger partial charge in [0, 0.05) is 18.7 Å². The van der Waals surface area contributed by atoms with Crippen molar-refractivity contribution >= 4 is 17.6 Å². The van der Waals surface area contributed by atoms with Gasteiger partial charge in [0.25, 0.3) is 5.91 Å². The molecular formula is C40H37F3N2O4. The summed E-state index contributed by atoms with van der Waals surface area (Å²) in [7, 11) is 0. The minimum absolute atomic E-state index is 0.0166. The molecule has 0 fully saturated rings. The number of rotatable bonds is 11. The van der Waals surface area contributed by atoms with Crippen molar-refractivity contribution in [3.05, 3.63) is 149 Å². The molecule has 0 radical (unpaired) electrons. The van der Waals surface area contributed by atoms with Gasteiger partial charge in [-0.05, 0) is 69.6 Å². The molecule has 1 amide bonds. The van der Waals surface area contributed by atoms with Crippen LogP contribution < -0.4 is 15.4 Å². The van der Waals surface area contributed by atoms with Crippen molar-refractivity contribution in [3.63, 3.8) is 0 Å². The van der Waals surface area contributed by atoms with E-state index in [2.05, 4.69) is 31.4 Å². The number of amides is 1. The SMILES string of the molecule is CC(C)(C)c1ccc(CNc2ccc(Oc3cccc(C(F)(F)F)c3)cc2C(=O)N[C@@H](Cc2ccc(-c3ccccc3)cc2)C(=O)O)cc1. The molecule has 0 saturated heterocycles. The van der Waals surface area contributed by atoms with Crippen LogP contribution in [0.1, 0.15) is 53.4 Å². The molecule has 0 heterocycles. The predicted molar refractivity (Wildman–Crippen MR) is 185 cm³/mol. The first kappa shape index (κ1) is 34.8. The molecule has 3 N–H and O–H groups in total. The van der Waals surface area contributed by atoms with E-state index in [1.807, 2.05) is 78.9 Å². The summed E-state index contributed by atoms with van der Waals surface area (Å²) in [5.41, 5.74) is 4.40. The highest BCUT2D eigenvalue weighted by atomic mass is 19.4. The van der Waals surface area contributed by atoms with E-state index in [4.69, 9.17) is 4.74 Å². The first-order valence-electron chi connectivity index (χ1n) is 15.8. The van der Waals surface area contributed by atoms with Gasteiger partial charge in [-0.1, -0.05) is 106 Å². The fourth-order valence-corrected chi connectivity index (χ4v) is 5.26. The van der Waals surface area contributed by atoms with Crippen LogP contribution in [0.15, 0.2) is 121 Å². The fraction of sp³-hybridized carbons (Fsp3) is 0.200. The third kappa shape index (κ3) is 9.28. The normalized spacial score (nSPS) is 12.2. The van der Waals surface area contributed by atoms with E-state index in [1.165, 1.54) is 29.8 Å². The van der Waals surface area contributed by atoms with Gasteiger partial charge < -0.3 is 20.5 Å². The Balaban J connectivity index is 1.38. The van der Waals surface area contributed by atoms with E-state index in [-0.39, 0.29) is 28.9 Å². The van der Waals surface area contributed by atoms with E-state index in [0.29, 0.717) is 17.8 Å². The Bertz CT molecular complexity index is 1900. The molecule has 0 aromatic heterocycles. The first-order valence-corrected chi connectivity index (χ1v) is 15.8. The third-order valence-corrected chi connectivity index (χ3v) is 8.04. The number of carbonyl (C=O) groups is 2. The number of carboxylic acid groups (broad SMARTS) is 1. The first-order chi connectivity index (χ1) is 23.3. The smallest absolute Gasteiger partial charge is 0.416 e. The number of hydrogen-bond acceptors (Lipinski definition) is 4.